The third-order valence-corrected chi connectivity index (χ3v) is 6.94. The van der Waals surface area contributed by atoms with Gasteiger partial charge in [0.05, 0.1) is 17.6 Å². The van der Waals surface area contributed by atoms with Crippen molar-refractivity contribution in [1.82, 2.24) is 0 Å². The Hall–Kier alpha value is -2.48. The third kappa shape index (κ3) is 7.02. The van der Waals surface area contributed by atoms with Crippen LogP contribution < -0.4 is 9.62 Å². The molecule has 0 aromatic heterocycles. The van der Waals surface area contributed by atoms with E-state index in [4.69, 9.17) is 11.6 Å². The molecule has 5 nitrogen and oxygen atoms in total. The molecule has 0 aliphatic carbocycles. The minimum Gasteiger partial charge on any atom is -0.325 e. The first-order valence-electron chi connectivity index (χ1n) is 9.68. The molecule has 8 heteroatoms. The van der Waals surface area contributed by atoms with E-state index in [0.717, 1.165) is 21.7 Å². The van der Waals surface area contributed by atoms with Gasteiger partial charge in [0.2, 0.25) is 15.9 Å². The number of nitrogens with zero attached hydrogens (tertiary/aromatic N) is 1. The third-order valence-electron chi connectivity index (χ3n) is 4.41. The van der Waals surface area contributed by atoms with Crippen LogP contribution in [0.5, 0.6) is 0 Å². The minimum absolute atomic E-state index is 0.161. The van der Waals surface area contributed by atoms with E-state index in [1.165, 1.54) is 4.31 Å². The van der Waals surface area contributed by atoms with Crippen LogP contribution in [0.1, 0.15) is 12.8 Å². The molecule has 0 saturated carbocycles. The molecule has 0 aliphatic heterocycles. The summed E-state index contributed by atoms with van der Waals surface area (Å²) in [6.07, 6.45) is 1.73. The molecule has 0 unspecified atom stereocenters. The van der Waals surface area contributed by atoms with E-state index in [1.807, 2.05) is 54.6 Å². The molecule has 1 amide bonds. The van der Waals surface area contributed by atoms with E-state index < -0.39 is 10.0 Å². The van der Waals surface area contributed by atoms with Crippen molar-refractivity contribution in [1.29, 1.82) is 0 Å². The van der Waals surface area contributed by atoms with Crippen molar-refractivity contribution < 1.29 is 13.2 Å². The quantitative estimate of drug-likeness (QED) is 0.433. The van der Waals surface area contributed by atoms with Gasteiger partial charge in [-0.05, 0) is 55.0 Å². The van der Waals surface area contributed by atoms with Gasteiger partial charge >= 0.3 is 0 Å². The van der Waals surface area contributed by atoms with Crippen molar-refractivity contribution in [2.45, 2.75) is 22.6 Å². The van der Waals surface area contributed by atoms with Gasteiger partial charge in [0.1, 0.15) is 0 Å². The molecule has 0 radical (unpaired) electrons. The molecule has 0 aliphatic rings. The van der Waals surface area contributed by atoms with Crippen molar-refractivity contribution >= 4 is 50.7 Å². The number of benzene rings is 3. The molecular weight excluding hydrogens is 452 g/mol. The maximum atomic E-state index is 12.5. The first-order chi connectivity index (χ1) is 14.8. The highest BCUT2D eigenvalue weighted by Crippen LogP contribution is 2.33. The van der Waals surface area contributed by atoms with Crippen molar-refractivity contribution in [3.8, 4) is 0 Å². The Kier molecular flexibility index (Phi) is 8.01. The number of para-hydroxylation sites is 1. The predicted octanol–water partition coefficient (Wildman–Crippen LogP) is 5.68. The van der Waals surface area contributed by atoms with E-state index in [0.29, 0.717) is 17.1 Å². The van der Waals surface area contributed by atoms with Crippen molar-refractivity contribution in [3.05, 3.63) is 83.9 Å². The highest BCUT2D eigenvalue weighted by molar-refractivity contribution is 7.99. The monoisotopic (exact) mass is 474 g/mol. The van der Waals surface area contributed by atoms with Crippen LogP contribution in [0.3, 0.4) is 0 Å². The van der Waals surface area contributed by atoms with Crippen LogP contribution in [0.25, 0.3) is 0 Å². The second-order valence-corrected chi connectivity index (χ2v) is 10.3. The number of anilines is 2. The van der Waals surface area contributed by atoms with Crippen LogP contribution in [-0.2, 0) is 14.8 Å². The van der Waals surface area contributed by atoms with E-state index >= 15 is 0 Å². The predicted molar refractivity (Wildman–Crippen MR) is 129 cm³/mol. The van der Waals surface area contributed by atoms with Crippen LogP contribution >= 0.6 is 23.4 Å². The lowest BCUT2D eigenvalue weighted by atomic mass is 10.2. The lowest BCUT2D eigenvalue weighted by molar-refractivity contribution is -0.116. The van der Waals surface area contributed by atoms with E-state index in [9.17, 15) is 13.2 Å². The van der Waals surface area contributed by atoms with Crippen LogP contribution in [0.4, 0.5) is 11.4 Å². The molecule has 162 valence electrons. The van der Waals surface area contributed by atoms with Crippen molar-refractivity contribution in [2.24, 2.45) is 0 Å². The summed E-state index contributed by atoms with van der Waals surface area (Å²) in [7, 11) is -3.47. The molecule has 3 aromatic rings. The summed E-state index contributed by atoms with van der Waals surface area (Å²) in [6, 6.07) is 24.1. The number of nitrogens with one attached hydrogen (secondary N) is 1. The first kappa shape index (κ1) is 23.2. The fourth-order valence-electron chi connectivity index (χ4n) is 2.96. The normalized spacial score (nSPS) is 11.2. The van der Waals surface area contributed by atoms with Crippen LogP contribution in [0, 0.1) is 0 Å². The van der Waals surface area contributed by atoms with Gasteiger partial charge in [0.15, 0.2) is 0 Å². The van der Waals surface area contributed by atoms with Gasteiger partial charge in [0, 0.05) is 27.8 Å². The van der Waals surface area contributed by atoms with Crippen molar-refractivity contribution in [2.75, 3.05) is 22.4 Å². The van der Waals surface area contributed by atoms with E-state index in [-0.39, 0.29) is 18.9 Å². The molecule has 0 saturated heterocycles. The number of sulfonamides is 1. The minimum atomic E-state index is -3.47. The van der Waals surface area contributed by atoms with Gasteiger partial charge in [-0.25, -0.2) is 8.42 Å². The molecular formula is C23H23ClN2O3S2. The summed E-state index contributed by atoms with van der Waals surface area (Å²) < 4.78 is 25.7. The average molecular weight is 475 g/mol. The highest BCUT2D eigenvalue weighted by Gasteiger charge is 2.18. The number of halogens is 1. The van der Waals surface area contributed by atoms with Gasteiger partial charge in [-0.2, -0.15) is 0 Å². The zero-order valence-corrected chi connectivity index (χ0v) is 19.4. The SMILES string of the molecule is CS(=O)(=O)N(CCCC(=O)Nc1ccccc1Sc1ccccc1)c1ccc(Cl)cc1. The zero-order chi connectivity index (χ0) is 22.3. The number of carbonyl (C=O) groups is 1. The van der Waals surface area contributed by atoms with Crippen LogP contribution in [0.15, 0.2) is 88.7 Å². The Morgan fingerprint density at radius 3 is 2.29 bits per heavy atom. The summed E-state index contributed by atoms with van der Waals surface area (Å²) in [5.41, 5.74) is 1.26. The lowest BCUT2D eigenvalue weighted by Crippen LogP contribution is -2.31. The highest BCUT2D eigenvalue weighted by atomic mass is 35.5. The fourth-order valence-corrected chi connectivity index (χ4v) is 4.98. The van der Waals surface area contributed by atoms with Gasteiger partial charge in [-0.1, -0.05) is 53.7 Å². The number of rotatable bonds is 9. The van der Waals surface area contributed by atoms with Crippen LogP contribution in [0.2, 0.25) is 5.02 Å². The Balaban J connectivity index is 1.60. The lowest BCUT2D eigenvalue weighted by Gasteiger charge is -2.22. The molecule has 0 fully saturated rings. The molecule has 31 heavy (non-hydrogen) atoms. The summed E-state index contributed by atoms with van der Waals surface area (Å²) in [5, 5.41) is 3.48. The number of amides is 1. The molecule has 0 atom stereocenters. The maximum absolute atomic E-state index is 12.5. The number of hydrogen-bond acceptors (Lipinski definition) is 4. The average Bonchev–Trinajstić information content (AvgIpc) is 2.73. The molecule has 0 bridgehead atoms. The van der Waals surface area contributed by atoms with E-state index in [1.54, 1.807) is 36.0 Å². The Labute approximate surface area is 192 Å². The fraction of sp³-hybridized carbons (Fsp3) is 0.174. The summed E-state index contributed by atoms with van der Waals surface area (Å²) in [4.78, 5) is 14.5. The Bertz CT molecular complexity index is 1120. The van der Waals surface area contributed by atoms with Gasteiger partial charge in [-0.3, -0.25) is 9.10 Å². The second kappa shape index (κ2) is 10.7. The maximum Gasteiger partial charge on any atom is 0.232 e. The molecule has 3 rings (SSSR count). The summed E-state index contributed by atoms with van der Waals surface area (Å²) >= 11 is 7.47. The molecule has 0 heterocycles. The number of carbonyl (C=O) groups excluding carboxylic acids is 1. The summed E-state index contributed by atoms with van der Waals surface area (Å²) in [5.74, 6) is -0.161. The Morgan fingerprint density at radius 2 is 1.61 bits per heavy atom. The van der Waals surface area contributed by atoms with E-state index in [2.05, 4.69) is 5.32 Å². The van der Waals surface area contributed by atoms with Gasteiger partial charge in [0.25, 0.3) is 0 Å². The first-order valence-corrected chi connectivity index (χ1v) is 12.7. The van der Waals surface area contributed by atoms with Crippen LogP contribution in [-0.4, -0.2) is 27.1 Å². The van der Waals surface area contributed by atoms with Crippen molar-refractivity contribution in [3.63, 3.8) is 0 Å². The second-order valence-electron chi connectivity index (χ2n) is 6.87. The molecule has 1 N–H and O–H groups in total. The molecule has 0 spiro atoms. The largest absolute Gasteiger partial charge is 0.325 e. The summed E-state index contributed by atoms with van der Waals surface area (Å²) in [6.45, 7) is 0.203. The smallest absolute Gasteiger partial charge is 0.232 e. The topological polar surface area (TPSA) is 66.5 Å². The molecule has 3 aromatic carbocycles. The van der Waals surface area contributed by atoms with Gasteiger partial charge in [-0.15, -0.1) is 0 Å². The Morgan fingerprint density at radius 1 is 0.968 bits per heavy atom. The van der Waals surface area contributed by atoms with Gasteiger partial charge < -0.3 is 5.32 Å². The zero-order valence-electron chi connectivity index (χ0n) is 17.0. The number of hydrogen-bond donors (Lipinski definition) is 1. The standard InChI is InChI=1S/C23H23ClN2O3S2/c1-31(28,29)26(19-15-13-18(24)14-16-19)17-7-12-23(27)25-21-10-5-6-11-22(21)30-20-8-3-2-4-9-20/h2-6,8-11,13-16H,7,12,17H2,1H3,(H,25,27).